The molecule has 2 atom stereocenters. The highest BCUT2D eigenvalue weighted by Crippen LogP contribution is 2.07. The van der Waals surface area contributed by atoms with E-state index in [0.717, 1.165) is 13.0 Å². The minimum Gasteiger partial charge on any atom is -0.392 e. The summed E-state index contributed by atoms with van der Waals surface area (Å²) in [6.07, 6.45) is 2.19. The molecule has 3 heteroatoms. The molecule has 0 amide bonds. The number of aliphatic hydroxyl groups is 1. The molecule has 0 aromatic heterocycles. The van der Waals surface area contributed by atoms with Gasteiger partial charge in [0, 0.05) is 6.04 Å². The van der Waals surface area contributed by atoms with Crippen molar-refractivity contribution in [2.75, 3.05) is 6.54 Å². The Morgan fingerprint density at radius 3 is 2.56 bits per heavy atom. The molecule has 9 heavy (non-hydrogen) atoms. The first-order valence-electron chi connectivity index (χ1n) is 3.22. The van der Waals surface area contributed by atoms with Gasteiger partial charge in [0.05, 0.1) is 6.10 Å². The van der Waals surface area contributed by atoms with Crippen molar-refractivity contribution in [3.05, 3.63) is 0 Å². The smallest absolute Gasteiger partial charge is 0.0665 e. The molecule has 56 valence electrons. The fourth-order valence-electron chi connectivity index (χ4n) is 1.12. The van der Waals surface area contributed by atoms with Gasteiger partial charge in [-0.25, -0.2) is 0 Å². The van der Waals surface area contributed by atoms with Crippen molar-refractivity contribution >= 4 is 12.4 Å². The molecule has 0 spiro atoms. The maximum atomic E-state index is 8.99. The van der Waals surface area contributed by atoms with Crippen LogP contribution in [-0.4, -0.2) is 23.8 Å². The lowest BCUT2D eigenvalue weighted by atomic mass is 10.1. The van der Waals surface area contributed by atoms with Gasteiger partial charge >= 0.3 is 0 Å². The van der Waals surface area contributed by atoms with Gasteiger partial charge in [0.15, 0.2) is 0 Å². The normalized spacial score (nSPS) is 29.3. The second-order valence-electron chi connectivity index (χ2n) is 2.44. The van der Waals surface area contributed by atoms with Crippen LogP contribution in [0, 0.1) is 0 Å². The molecule has 0 bridgehead atoms. The van der Waals surface area contributed by atoms with Crippen molar-refractivity contribution in [1.82, 2.24) is 5.32 Å². The molecule has 0 aliphatic carbocycles. The Hall–Kier alpha value is 0.210. The summed E-state index contributed by atoms with van der Waals surface area (Å²) in [5.41, 5.74) is 0. The minimum absolute atomic E-state index is 0. The van der Waals surface area contributed by atoms with Gasteiger partial charge in [-0.2, -0.15) is 0 Å². The number of hydrogen-bond donors (Lipinski definition) is 2. The zero-order chi connectivity index (χ0) is 5.98. The van der Waals surface area contributed by atoms with Crippen LogP contribution in [-0.2, 0) is 0 Å². The van der Waals surface area contributed by atoms with Crippen LogP contribution in [0.3, 0.4) is 0 Å². The molecule has 1 fully saturated rings. The molecule has 0 saturated carbocycles. The SMILES string of the molecule is C[C@@H](O)[C@@H]1CCCN1.Cl. The Labute approximate surface area is 62.1 Å². The highest BCUT2D eigenvalue weighted by atomic mass is 35.5. The van der Waals surface area contributed by atoms with Crippen molar-refractivity contribution in [1.29, 1.82) is 0 Å². The Kier molecular flexibility index (Phi) is 4.19. The van der Waals surface area contributed by atoms with Crippen molar-refractivity contribution in [2.24, 2.45) is 0 Å². The molecule has 2 nitrogen and oxygen atoms in total. The van der Waals surface area contributed by atoms with Crippen molar-refractivity contribution in [3.8, 4) is 0 Å². The molecule has 1 rings (SSSR count). The Balaban J connectivity index is 0.000000640. The summed E-state index contributed by atoms with van der Waals surface area (Å²) in [5, 5.41) is 12.2. The van der Waals surface area contributed by atoms with Crippen molar-refractivity contribution < 1.29 is 5.11 Å². The van der Waals surface area contributed by atoms with E-state index in [-0.39, 0.29) is 18.5 Å². The number of halogens is 1. The van der Waals surface area contributed by atoms with Crippen molar-refractivity contribution in [2.45, 2.75) is 31.9 Å². The average Bonchev–Trinajstić information content (AvgIpc) is 2.12. The third kappa shape index (κ3) is 2.52. The maximum absolute atomic E-state index is 8.99. The molecule has 2 N–H and O–H groups in total. The van der Waals surface area contributed by atoms with Crippen molar-refractivity contribution in [3.63, 3.8) is 0 Å². The summed E-state index contributed by atoms with van der Waals surface area (Å²) in [6.45, 7) is 2.92. The fraction of sp³-hybridized carbons (Fsp3) is 1.00. The van der Waals surface area contributed by atoms with Crippen LogP contribution in [0.15, 0.2) is 0 Å². The molecule has 1 heterocycles. The monoisotopic (exact) mass is 151 g/mol. The molecule has 0 aromatic rings. The maximum Gasteiger partial charge on any atom is 0.0665 e. The predicted octanol–water partition coefficient (Wildman–Crippen LogP) is 0.541. The van der Waals surface area contributed by atoms with Gasteiger partial charge in [-0.1, -0.05) is 0 Å². The second kappa shape index (κ2) is 4.09. The lowest BCUT2D eigenvalue weighted by Gasteiger charge is -2.11. The average molecular weight is 152 g/mol. The van der Waals surface area contributed by atoms with Crippen LogP contribution in [0.2, 0.25) is 0 Å². The summed E-state index contributed by atoms with van der Waals surface area (Å²) in [7, 11) is 0. The molecule has 1 aliphatic rings. The Morgan fingerprint density at radius 1 is 1.67 bits per heavy atom. The zero-order valence-corrected chi connectivity index (χ0v) is 6.45. The molecule has 1 aliphatic heterocycles. The van der Waals surface area contributed by atoms with E-state index in [4.69, 9.17) is 5.11 Å². The standard InChI is InChI=1S/C6H13NO.ClH/c1-5(8)6-3-2-4-7-6;/h5-8H,2-4H2,1H3;1H/t5-,6+;/m1./s1. The van der Waals surface area contributed by atoms with E-state index >= 15 is 0 Å². The third-order valence-corrected chi connectivity index (χ3v) is 1.68. The molecular formula is C6H14ClNO. The number of hydrogen-bond acceptors (Lipinski definition) is 2. The lowest BCUT2D eigenvalue weighted by molar-refractivity contribution is 0.154. The zero-order valence-electron chi connectivity index (χ0n) is 5.63. The first-order chi connectivity index (χ1) is 3.80. The third-order valence-electron chi connectivity index (χ3n) is 1.68. The van der Waals surface area contributed by atoms with E-state index in [2.05, 4.69) is 5.32 Å². The van der Waals surface area contributed by atoms with E-state index in [0.29, 0.717) is 6.04 Å². The largest absolute Gasteiger partial charge is 0.392 e. The topological polar surface area (TPSA) is 32.3 Å². The van der Waals surface area contributed by atoms with Crippen LogP contribution >= 0.6 is 12.4 Å². The van der Waals surface area contributed by atoms with E-state index in [1.165, 1.54) is 6.42 Å². The number of aliphatic hydroxyl groups excluding tert-OH is 1. The second-order valence-corrected chi connectivity index (χ2v) is 2.44. The van der Waals surface area contributed by atoms with Gasteiger partial charge in [0.25, 0.3) is 0 Å². The van der Waals surface area contributed by atoms with Crippen LogP contribution < -0.4 is 5.32 Å². The van der Waals surface area contributed by atoms with Gasteiger partial charge in [0.1, 0.15) is 0 Å². The minimum atomic E-state index is -0.169. The molecule has 0 radical (unpaired) electrons. The highest BCUT2D eigenvalue weighted by molar-refractivity contribution is 5.85. The number of rotatable bonds is 1. The molecule has 1 saturated heterocycles. The summed E-state index contributed by atoms with van der Waals surface area (Å²) in [6, 6.07) is 0.370. The fourth-order valence-corrected chi connectivity index (χ4v) is 1.12. The Morgan fingerprint density at radius 2 is 2.33 bits per heavy atom. The lowest BCUT2D eigenvalue weighted by Crippen LogP contribution is -2.32. The summed E-state index contributed by atoms with van der Waals surface area (Å²) < 4.78 is 0. The van der Waals surface area contributed by atoms with E-state index in [1.807, 2.05) is 6.92 Å². The first kappa shape index (κ1) is 9.21. The number of nitrogens with one attached hydrogen (secondary N) is 1. The molecule has 0 unspecified atom stereocenters. The van der Waals surface area contributed by atoms with Gasteiger partial charge in [0.2, 0.25) is 0 Å². The van der Waals surface area contributed by atoms with Gasteiger partial charge < -0.3 is 10.4 Å². The van der Waals surface area contributed by atoms with Gasteiger partial charge in [-0.3, -0.25) is 0 Å². The Bertz CT molecular complexity index is 71.5. The summed E-state index contributed by atoms with van der Waals surface area (Å²) in [5.74, 6) is 0. The van der Waals surface area contributed by atoms with E-state index in [9.17, 15) is 0 Å². The predicted molar refractivity (Wildman–Crippen MR) is 40.0 cm³/mol. The van der Waals surface area contributed by atoms with Gasteiger partial charge in [-0.05, 0) is 26.3 Å². The van der Waals surface area contributed by atoms with E-state index < -0.39 is 0 Å². The summed E-state index contributed by atoms with van der Waals surface area (Å²) in [4.78, 5) is 0. The van der Waals surface area contributed by atoms with Crippen LogP contribution in [0.4, 0.5) is 0 Å². The van der Waals surface area contributed by atoms with Crippen LogP contribution in [0.1, 0.15) is 19.8 Å². The van der Waals surface area contributed by atoms with Crippen LogP contribution in [0.25, 0.3) is 0 Å². The van der Waals surface area contributed by atoms with Crippen LogP contribution in [0.5, 0.6) is 0 Å². The molecule has 0 aromatic carbocycles. The van der Waals surface area contributed by atoms with Gasteiger partial charge in [-0.15, -0.1) is 12.4 Å². The first-order valence-corrected chi connectivity index (χ1v) is 3.22. The quantitative estimate of drug-likeness (QED) is 0.574. The summed E-state index contributed by atoms with van der Waals surface area (Å²) >= 11 is 0. The molecular weight excluding hydrogens is 138 g/mol. The highest BCUT2D eigenvalue weighted by Gasteiger charge is 2.17. The van der Waals surface area contributed by atoms with E-state index in [1.54, 1.807) is 0 Å².